The zero-order chi connectivity index (χ0) is 19.7. The maximum absolute atomic E-state index is 12.4. The highest BCUT2D eigenvalue weighted by Gasteiger charge is 2.22. The van der Waals surface area contributed by atoms with E-state index in [1.165, 1.54) is 28.6 Å². The molecule has 0 radical (unpaired) electrons. The van der Waals surface area contributed by atoms with Crippen molar-refractivity contribution in [3.8, 4) is 0 Å². The molecule has 0 aliphatic rings. The van der Waals surface area contributed by atoms with Crippen molar-refractivity contribution in [2.24, 2.45) is 0 Å². The fourth-order valence-electron chi connectivity index (χ4n) is 2.01. The number of alkyl carbamates (subject to hydrolysis) is 1. The normalized spacial score (nSPS) is 11.1. The molecular weight excluding hydrogens is 364 g/mol. The van der Waals surface area contributed by atoms with Crippen LogP contribution in [0, 0.1) is 0 Å². The Hall–Kier alpha value is -2.46. The van der Waals surface area contributed by atoms with Crippen molar-refractivity contribution < 1.29 is 32.3 Å². The van der Waals surface area contributed by atoms with Crippen molar-refractivity contribution in [2.75, 3.05) is 26.3 Å². The number of esters is 1. The zero-order valence-corrected chi connectivity index (χ0v) is 15.7. The number of hydrogen-bond acceptors (Lipinski definition) is 7. The molecule has 0 heterocycles. The molecule has 9 nitrogen and oxygen atoms in total. The van der Waals surface area contributed by atoms with Crippen LogP contribution in [0.15, 0.2) is 29.2 Å². The summed E-state index contributed by atoms with van der Waals surface area (Å²) in [5, 5.41) is 1.88. The van der Waals surface area contributed by atoms with E-state index in [0.29, 0.717) is 13.1 Å². The van der Waals surface area contributed by atoms with Crippen molar-refractivity contribution in [2.45, 2.75) is 25.7 Å². The number of amides is 2. The monoisotopic (exact) mass is 386 g/mol. The Kier molecular flexibility index (Phi) is 8.20. The maximum atomic E-state index is 12.4. The molecular formula is C16H22N2O7S. The molecule has 0 unspecified atom stereocenters. The predicted molar refractivity (Wildman–Crippen MR) is 92.0 cm³/mol. The van der Waals surface area contributed by atoms with Crippen LogP contribution in [0.25, 0.3) is 0 Å². The summed E-state index contributed by atoms with van der Waals surface area (Å²) in [4.78, 5) is 34.4. The van der Waals surface area contributed by atoms with Crippen LogP contribution in [0.5, 0.6) is 0 Å². The van der Waals surface area contributed by atoms with Gasteiger partial charge in [0.05, 0.1) is 17.1 Å². The summed E-state index contributed by atoms with van der Waals surface area (Å²) < 4.78 is 35.3. The van der Waals surface area contributed by atoms with Crippen LogP contribution >= 0.6 is 0 Å². The van der Waals surface area contributed by atoms with Gasteiger partial charge in [0.1, 0.15) is 0 Å². The Bertz CT molecular complexity index is 740. The van der Waals surface area contributed by atoms with Gasteiger partial charge in [0.2, 0.25) is 10.0 Å². The van der Waals surface area contributed by atoms with Gasteiger partial charge >= 0.3 is 12.1 Å². The summed E-state index contributed by atoms with van der Waals surface area (Å²) in [6, 6.07) is 5.18. The fraction of sp³-hybridized carbons (Fsp3) is 0.438. The number of benzene rings is 1. The molecule has 1 aromatic rings. The number of rotatable bonds is 8. The number of sulfonamides is 1. The molecule has 2 amide bonds. The van der Waals surface area contributed by atoms with E-state index in [4.69, 9.17) is 4.74 Å². The van der Waals surface area contributed by atoms with Gasteiger partial charge in [-0.3, -0.25) is 10.1 Å². The quantitative estimate of drug-likeness (QED) is 0.666. The molecule has 1 N–H and O–H groups in total. The molecule has 0 bridgehead atoms. The average molecular weight is 386 g/mol. The van der Waals surface area contributed by atoms with Gasteiger partial charge in [-0.25, -0.2) is 18.0 Å². The number of hydrogen-bond donors (Lipinski definition) is 1. The number of ether oxygens (including phenoxy) is 2. The lowest BCUT2D eigenvalue weighted by Crippen LogP contribution is -2.34. The first kappa shape index (κ1) is 21.6. The van der Waals surface area contributed by atoms with Crippen LogP contribution in [0.4, 0.5) is 4.79 Å². The van der Waals surface area contributed by atoms with Crippen LogP contribution < -0.4 is 5.32 Å². The average Bonchev–Trinajstić information content (AvgIpc) is 2.60. The Labute approximate surface area is 152 Å². The van der Waals surface area contributed by atoms with Gasteiger partial charge in [0.25, 0.3) is 5.91 Å². The van der Waals surface area contributed by atoms with E-state index in [2.05, 4.69) is 4.74 Å². The Morgan fingerprint density at radius 2 is 1.58 bits per heavy atom. The molecule has 0 fully saturated rings. The third kappa shape index (κ3) is 5.81. The Balaban J connectivity index is 2.70. The molecule has 1 rings (SSSR count). The van der Waals surface area contributed by atoms with Gasteiger partial charge in [-0.15, -0.1) is 0 Å². The third-order valence-corrected chi connectivity index (χ3v) is 5.35. The predicted octanol–water partition coefficient (Wildman–Crippen LogP) is 1.15. The molecule has 1 aromatic carbocycles. The van der Waals surface area contributed by atoms with E-state index < -0.39 is 34.6 Å². The number of imide groups is 1. The second-order valence-electron chi connectivity index (χ2n) is 4.96. The number of nitrogens with zero attached hydrogens (tertiary/aromatic N) is 1. The van der Waals surface area contributed by atoms with E-state index in [0.717, 1.165) is 0 Å². The molecule has 144 valence electrons. The summed E-state index contributed by atoms with van der Waals surface area (Å²) in [5.74, 6) is -1.66. The van der Waals surface area contributed by atoms with Crippen molar-refractivity contribution in [1.82, 2.24) is 9.62 Å². The highest BCUT2D eigenvalue weighted by molar-refractivity contribution is 7.89. The van der Waals surface area contributed by atoms with Gasteiger partial charge in [-0.2, -0.15) is 4.31 Å². The minimum absolute atomic E-state index is 0.0535. The molecule has 0 aliphatic heterocycles. The highest BCUT2D eigenvalue weighted by atomic mass is 32.2. The second-order valence-corrected chi connectivity index (χ2v) is 6.90. The molecule has 10 heteroatoms. The first-order valence-electron chi connectivity index (χ1n) is 8.00. The zero-order valence-electron chi connectivity index (χ0n) is 14.9. The lowest BCUT2D eigenvalue weighted by atomic mass is 10.2. The van der Waals surface area contributed by atoms with Crippen molar-refractivity contribution in [3.05, 3.63) is 29.8 Å². The summed E-state index contributed by atoms with van der Waals surface area (Å²) in [6.45, 7) is 5.13. The summed E-state index contributed by atoms with van der Waals surface area (Å²) in [5.41, 5.74) is 0.0763. The third-order valence-electron chi connectivity index (χ3n) is 3.28. The van der Waals surface area contributed by atoms with Gasteiger partial charge in [-0.05, 0) is 31.2 Å². The first-order valence-corrected chi connectivity index (χ1v) is 9.44. The first-order chi connectivity index (χ1) is 12.3. The second kappa shape index (κ2) is 9.88. The molecule has 0 saturated heterocycles. The minimum atomic E-state index is -3.62. The van der Waals surface area contributed by atoms with Crippen molar-refractivity contribution >= 4 is 28.0 Å². The summed E-state index contributed by atoms with van der Waals surface area (Å²) in [7, 11) is -3.62. The molecule has 0 aromatic heterocycles. The molecule has 26 heavy (non-hydrogen) atoms. The van der Waals surface area contributed by atoms with E-state index >= 15 is 0 Å². The molecule has 0 atom stereocenters. The van der Waals surface area contributed by atoms with Crippen LogP contribution in [0.2, 0.25) is 0 Å². The number of carbonyl (C=O) groups is 3. The SMILES string of the molecule is CCOC(=O)NC(=O)COC(=O)c1ccc(S(=O)(=O)N(CC)CC)cc1. The topological polar surface area (TPSA) is 119 Å². The van der Waals surface area contributed by atoms with Crippen molar-refractivity contribution in [3.63, 3.8) is 0 Å². The van der Waals surface area contributed by atoms with E-state index in [-0.39, 0.29) is 17.1 Å². The molecule has 0 spiro atoms. The largest absolute Gasteiger partial charge is 0.452 e. The van der Waals surface area contributed by atoms with E-state index in [1.807, 2.05) is 5.32 Å². The lowest BCUT2D eigenvalue weighted by molar-refractivity contribution is -0.123. The molecule has 0 aliphatic carbocycles. The van der Waals surface area contributed by atoms with E-state index in [9.17, 15) is 22.8 Å². The van der Waals surface area contributed by atoms with Crippen LogP contribution in [-0.2, 0) is 24.3 Å². The van der Waals surface area contributed by atoms with Gasteiger partial charge in [-0.1, -0.05) is 13.8 Å². The smallest absolute Gasteiger partial charge is 0.413 e. The van der Waals surface area contributed by atoms with Crippen LogP contribution in [0.3, 0.4) is 0 Å². The van der Waals surface area contributed by atoms with Crippen LogP contribution in [-0.4, -0.2) is 57.0 Å². The Morgan fingerprint density at radius 1 is 1.00 bits per heavy atom. The lowest BCUT2D eigenvalue weighted by Gasteiger charge is -2.18. The number of carbonyl (C=O) groups excluding carboxylic acids is 3. The summed E-state index contributed by atoms with van der Waals surface area (Å²) >= 11 is 0. The molecule has 0 saturated carbocycles. The standard InChI is InChI=1S/C16H22N2O7S/c1-4-18(5-2)26(22,23)13-9-7-12(8-10-13)15(20)25-11-14(19)17-16(21)24-6-3/h7-10H,4-6,11H2,1-3H3,(H,17,19,21). The Morgan fingerprint density at radius 3 is 2.08 bits per heavy atom. The van der Waals surface area contributed by atoms with Gasteiger partial charge in [0.15, 0.2) is 6.61 Å². The minimum Gasteiger partial charge on any atom is -0.452 e. The van der Waals surface area contributed by atoms with Gasteiger partial charge < -0.3 is 9.47 Å². The maximum Gasteiger partial charge on any atom is 0.413 e. The van der Waals surface area contributed by atoms with Gasteiger partial charge in [0, 0.05) is 13.1 Å². The summed E-state index contributed by atoms with van der Waals surface area (Å²) in [6.07, 6.45) is -0.931. The van der Waals surface area contributed by atoms with Crippen LogP contribution in [0.1, 0.15) is 31.1 Å². The van der Waals surface area contributed by atoms with Crippen molar-refractivity contribution in [1.29, 1.82) is 0 Å². The highest BCUT2D eigenvalue weighted by Crippen LogP contribution is 2.16. The fourth-order valence-corrected chi connectivity index (χ4v) is 3.47. The number of nitrogens with one attached hydrogen (secondary N) is 1. The van der Waals surface area contributed by atoms with E-state index in [1.54, 1.807) is 20.8 Å².